The predicted octanol–water partition coefficient (Wildman–Crippen LogP) is 3.16. The monoisotopic (exact) mass is 337 g/mol. The minimum atomic E-state index is -0.414. The van der Waals surface area contributed by atoms with Crippen molar-refractivity contribution in [1.29, 1.82) is 0 Å². The van der Waals surface area contributed by atoms with Crippen LogP contribution in [0.5, 0.6) is 0 Å². The van der Waals surface area contributed by atoms with Gasteiger partial charge in [0.05, 0.1) is 5.25 Å². The van der Waals surface area contributed by atoms with Crippen LogP contribution in [0.1, 0.15) is 18.2 Å². The Balaban J connectivity index is 2.09. The summed E-state index contributed by atoms with van der Waals surface area (Å²) in [6.45, 7) is 5.33. The molecule has 0 bridgehead atoms. The minimum absolute atomic E-state index is 0.181. The maximum atomic E-state index is 12.3. The fourth-order valence-electron chi connectivity index (χ4n) is 1.81. The second-order valence-corrected chi connectivity index (χ2v) is 6.59. The molecule has 116 valence electrons. The predicted molar refractivity (Wildman–Crippen MR) is 89.7 cm³/mol. The molecule has 2 rings (SSSR count). The topological polar surface area (TPSA) is 74.8 Å². The number of aromatic amines is 1. The van der Waals surface area contributed by atoms with Crippen LogP contribution in [0.4, 0.5) is 5.69 Å². The first-order chi connectivity index (χ1) is 10.4. The van der Waals surface area contributed by atoms with Gasteiger partial charge in [0.1, 0.15) is 0 Å². The Labute approximate surface area is 137 Å². The molecule has 0 saturated heterocycles. The molecule has 1 aromatic carbocycles. The van der Waals surface area contributed by atoms with Crippen molar-refractivity contribution in [2.45, 2.75) is 31.2 Å². The van der Waals surface area contributed by atoms with E-state index < -0.39 is 5.25 Å². The van der Waals surface area contributed by atoms with Gasteiger partial charge in [-0.1, -0.05) is 29.4 Å². The van der Waals surface area contributed by atoms with E-state index in [2.05, 4.69) is 15.3 Å². The molecule has 1 heterocycles. The number of rotatable bonds is 4. The number of halogens is 1. The zero-order valence-corrected chi connectivity index (χ0v) is 14.0. The molecule has 0 saturated carbocycles. The number of aryl methyl sites for hydroxylation is 1. The number of carbonyl (C=O) groups excluding carboxylic acids is 1. The molecule has 0 aliphatic carbocycles. The van der Waals surface area contributed by atoms with E-state index in [9.17, 15) is 9.59 Å². The summed E-state index contributed by atoms with van der Waals surface area (Å²) in [4.78, 5) is 30.5. The van der Waals surface area contributed by atoms with E-state index in [1.165, 1.54) is 17.8 Å². The van der Waals surface area contributed by atoms with Gasteiger partial charge in [0.25, 0.3) is 5.56 Å². The number of hydrogen-bond donors (Lipinski definition) is 2. The molecule has 7 heteroatoms. The molecule has 2 N–H and O–H groups in total. The Kier molecular flexibility index (Phi) is 5.26. The van der Waals surface area contributed by atoms with Gasteiger partial charge in [-0.3, -0.25) is 9.59 Å². The van der Waals surface area contributed by atoms with Gasteiger partial charge in [0.2, 0.25) is 5.91 Å². The fourth-order valence-corrected chi connectivity index (χ4v) is 2.84. The lowest BCUT2D eigenvalue weighted by atomic mass is 10.2. The van der Waals surface area contributed by atoms with Crippen molar-refractivity contribution < 1.29 is 4.79 Å². The van der Waals surface area contributed by atoms with Gasteiger partial charge in [0, 0.05) is 22.5 Å². The van der Waals surface area contributed by atoms with Crippen molar-refractivity contribution in [3.8, 4) is 0 Å². The van der Waals surface area contributed by atoms with E-state index in [4.69, 9.17) is 11.6 Å². The Morgan fingerprint density at radius 1 is 1.41 bits per heavy atom. The summed E-state index contributed by atoms with van der Waals surface area (Å²) < 4.78 is 0. The molecule has 0 spiro atoms. The summed E-state index contributed by atoms with van der Waals surface area (Å²) in [6, 6.07) is 6.75. The second kappa shape index (κ2) is 6.98. The number of aromatic nitrogens is 2. The third kappa shape index (κ3) is 4.11. The first-order valence-corrected chi connectivity index (χ1v) is 7.93. The van der Waals surface area contributed by atoms with Crippen LogP contribution >= 0.6 is 23.4 Å². The molecule has 2 aromatic rings. The lowest BCUT2D eigenvalue weighted by molar-refractivity contribution is -0.115. The first-order valence-electron chi connectivity index (χ1n) is 6.67. The molecule has 5 nitrogen and oxygen atoms in total. The normalized spacial score (nSPS) is 12.0. The summed E-state index contributed by atoms with van der Waals surface area (Å²) in [5, 5.41) is 3.45. The molecule has 0 aliphatic rings. The zero-order valence-electron chi connectivity index (χ0n) is 12.4. The highest BCUT2D eigenvalue weighted by atomic mass is 35.5. The van der Waals surface area contributed by atoms with Crippen LogP contribution in [-0.4, -0.2) is 21.1 Å². The Bertz CT molecular complexity index is 761. The summed E-state index contributed by atoms with van der Waals surface area (Å²) in [5.41, 5.74) is 1.88. The van der Waals surface area contributed by atoms with Crippen molar-refractivity contribution in [3.63, 3.8) is 0 Å². The summed E-state index contributed by atoms with van der Waals surface area (Å²) in [7, 11) is 0. The lowest BCUT2D eigenvalue weighted by Crippen LogP contribution is -2.23. The van der Waals surface area contributed by atoms with E-state index in [1.807, 2.05) is 6.92 Å². The molecular weight excluding hydrogens is 322 g/mol. The number of nitrogens with zero attached hydrogens (tertiary/aromatic N) is 1. The van der Waals surface area contributed by atoms with E-state index in [0.717, 1.165) is 5.56 Å². The van der Waals surface area contributed by atoms with Crippen LogP contribution in [0.2, 0.25) is 5.02 Å². The highest BCUT2D eigenvalue weighted by Crippen LogP contribution is 2.25. The molecule has 0 unspecified atom stereocenters. The van der Waals surface area contributed by atoms with Crippen LogP contribution in [0.3, 0.4) is 0 Å². The summed E-state index contributed by atoms with van der Waals surface area (Å²) in [6.07, 6.45) is 0. The fraction of sp³-hybridized carbons (Fsp3) is 0.267. The Morgan fingerprint density at radius 2 is 2.14 bits per heavy atom. The standard InChI is InChI=1S/C15H16ClN3O2S/c1-8-7-13(20)19-15(17-8)22-10(3)14(21)18-12-6-4-5-11(16)9(12)2/h4-7,10H,1-3H3,(H,18,21)(H,17,19,20)/t10-/m1/s1. The van der Waals surface area contributed by atoms with Crippen molar-refractivity contribution in [1.82, 2.24) is 9.97 Å². The van der Waals surface area contributed by atoms with Gasteiger partial charge in [-0.2, -0.15) is 0 Å². The van der Waals surface area contributed by atoms with E-state index in [-0.39, 0.29) is 11.5 Å². The molecular formula is C15H16ClN3O2S. The van der Waals surface area contributed by atoms with Crippen LogP contribution in [0.25, 0.3) is 0 Å². The van der Waals surface area contributed by atoms with Crippen LogP contribution < -0.4 is 10.9 Å². The number of benzene rings is 1. The third-order valence-electron chi connectivity index (χ3n) is 3.03. The molecule has 22 heavy (non-hydrogen) atoms. The Morgan fingerprint density at radius 3 is 2.82 bits per heavy atom. The van der Waals surface area contributed by atoms with E-state index in [0.29, 0.717) is 21.6 Å². The van der Waals surface area contributed by atoms with Gasteiger partial charge in [-0.05, 0) is 38.5 Å². The number of H-pyrrole nitrogens is 1. The molecule has 1 amide bonds. The number of nitrogens with one attached hydrogen (secondary N) is 2. The average molecular weight is 338 g/mol. The Hall–Kier alpha value is -1.79. The third-order valence-corrected chi connectivity index (χ3v) is 4.42. The highest BCUT2D eigenvalue weighted by molar-refractivity contribution is 8.00. The first kappa shape index (κ1) is 16.6. The van der Waals surface area contributed by atoms with Crippen molar-refractivity contribution in [2.75, 3.05) is 5.32 Å². The van der Waals surface area contributed by atoms with Gasteiger partial charge < -0.3 is 10.3 Å². The zero-order chi connectivity index (χ0) is 16.3. The SMILES string of the molecule is Cc1cc(=O)[nH]c(S[C@H](C)C(=O)Nc2cccc(Cl)c2C)n1. The quantitative estimate of drug-likeness (QED) is 0.664. The average Bonchev–Trinajstić information content (AvgIpc) is 2.42. The highest BCUT2D eigenvalue weighted by Gasteiger charge is 2.17. The van der Waals surface area contributed by atoms with Gasteiger partial charge in [-0.25, -0.2) is 4.98 Å². The van der Waals surface area contributed by atoms with Gasteiger partial charge >= 0.3 is 0 Å². The van der Waals surface area contributed by atoms with Gasteiger partial charge in [-0.15, -0.1) is 0 Å². The number of carbonyl (C=O) groups is 1. The molecule has 0 aliphatic heterocycles. The van der Waals surface area contributed by atoms with Crippen LogP contribution in [-0.2, 0) is 4.79 Å². The molecule has 1 aromatic heterocycles. The van der Waals surface area contributed by atoms with Crippen LogP contribution in [0, 0.1) is 13.8 Å². The molecule has 1 atom stereocenters. The number of amides is 1. The molecule has 0 fully saturated rings. The smallest absolute Gasteiger partial charge is 0.251 e. The summed E-state index contributed by atoms with van der Waals surface area (Å²) >= 11 is 7.23. The van der Waals surface area contributed by atoms with Gasteiger partial charge in [0.15, 0.2) is 5.16 Å². The largest absolute Gasteiger partial charge is 0.325 e. The van der Waals surface area contributed by atoms with Crippen molar-refractivity contribution in [3.05, 3.63) is 50.9 Å². The minimum Gasteiger partial charge on any atom is -0.325 e. The van der Waals surface area contributed by atoms with E-state index in [1.54, 1.807) is 32.0 Å². The summed E-state index contributed by atoms with van der Waals surface area (Å²) in [5.74, 6) is -0.181. The number of anilines is 1. The van der Waals surface area contributed by atoms with Crippen LogP contribution in [0.15, 0.2) is 34.2 Å². The molecule has 0 radical (unpaired) electrons. The lowest BCUT2D eigenvalue weighted by Gasteiger charge is -2.13. The maximum Gasteiger partial charge on any atom is 0.251 e. The second-order valence-electron chi connectivity index (χ2n) is 4.85. The van der Waals surface area contributed by atoms with Crippen molar-refractivity contribution in [2.24, 2.45) is 0 Å². The number of thioether (sulfide) groups is 1. The van der Waals surface area contributed by atoms with E-state index >= 15 is 0 Å². The van der Waals surface area contributed by atoms with Crippen molar-refractivity contribution >= 4 is 35.0 Å². The maximum absolute atomic E-state index is 12.3. The number of hydrogen-bond acceptors (Lipinski definition) is 4.